The molecule has 0 saturated carbocycles. The SMILES string of the molecule is CCCCN1C(=O)C(CC)NC(=O)C1c1ccccc1. The van der Waals surface area contributed by atoms with Crippen molar-refractivity contribution in [3.8, 4) is 0 Å². The number of carbonyl (C=O) groups excluding carboxylic acids is 2. The van der Waals surface area contributed by atoms with Gasteiger partial charge in [0.15, 0.2) is 0 Å². The molecule has 1 saturated heterocycles. The summed E-state index contributed by atoms with van der Waals surface area (Å²) in [5, 5.41) is 2.84. The van der Waals surface area contributed by atoms with Crippen LogP contribution in [0.3, 0.4) is 0 Å². The normalized spacial score (nSPS) is 22.8. The predicted octanol–water partition coefficient (Wildman–Crippen LogP) is 2.26. The van der Waals surface area contributed by atoms with Gasteiger partial charge in [-0.15, -0.1) is 0 Å². The van der Waals surface area contributed by atoms with E-state index in [9.17, 15) is 9.59 Å². The minimum Gasteiger partial charge on any atom is -0.342 e. The third-order valence-corrected chi connectivity index (χ3v) is 3.73. The molecule has 1 heterocycles. The molecule has 1 fully saturated rings. The van der Waals surface area contributed by atoms with Crippen molar-refractivity contribution in [1.82, 2.24) is 10.2 Å². The molecule has 0 aromatic heterocycles. The lowest BCUT2D eigenvalue weighted by atomic mass is 9.98. The molecular weight excluding hydrogens is 252 g/mol. The van der Waals surface area contributed by atoms with Crippen LogP contribution in [-0.2, 0) is 9.59 Å². The van der Waals surface area contributed by atoms with E-state index in [1.54, 1.807) is 4.90 Å². The second-order valence-corrected chi connectivity index (χ2v) is 5.17. The Hall–Kier alpha value is -1.84. The number of rotatable bonds is 5. The maximum Gasteiger partial charge on any atom is 0.248 e. The van der Waals surface area contributed by atoms with Crippen molar-refractivity contribution in [1.29, 1.82) is 0 Å². The summed E-state index contributed by atoms with van der Waals surface area (Å²) in [6, 6.07) is 8.66. The van der Waals surface area contributed by atoms with Crippen LogP contribution < -0.4 is 5.32 Å². The summed E-state index contributed by atoms with van der Waals surface area (Å²) in [6.07, 6.45) is 2.55. The average Bonchev–Trinajstić information content (AvgIpc) is 2.48. The van der Waals surface area contributed by atoms with Gasteiger partial charge in [-0.3, -0.25) is 9.59 Å². The van der Waals surface area contributed by atoms with Crippen LogP contribution in [-0.4, -0.2) is 29.3 Å². The summed E-state index contributed by atoms with van der Waals surface area (Å²) < 4.78 is 0. The number of hydrogen-bond donors (Lipinski definition) is 1. The molecule has 0 radical (unpaired) electrons. The summed E-state index contributed by atoms with van der Waals surface area (Å²) in [5.41, 5.74) is 0.879. The van der Waals surface area contributed by atoms with Gasteiger partial charge in [-0.25, -0.2) is 0 Å². The molecule has 1 aliphatic heterocycles. The van der Waals surface area contributed by atoms with E-state index in [0.717, 1.165) is 18.4 Å². The summed E-state index contributed by atoms with van der Waals surface area (Å²) in [7, 11) is 0. The molecule has 0 bridgehead atoms. The third-order valence-electron chi connectivity index (χ3n) is 3.73. The fourth-order valence-corrected chi connectivity index (χ4v) is 2.59. The zero-order chi connectivity index (χ0) is 14.5. The Morgan fingerprint density at radius 1 is 1.15 bits per heavy atom. The van der Waals surface area contributed by atoms with E-state index in [1.165, 1.54) is 0 Å². The van der Waals surface area contributed by atoms with Crippen molar-refractivity contribution in [3.63, 3.8) is 0 Å². The minimum absolute atomic E-state index is 0.0365. The molecule has 20 heavy (non-hydrogen) atoms. The van der Waals surface area contributed by atoms with Gasteiger partial charge in [0.05, 0.1) is 0 Å². The Morgan fingerprint density at radius 3 is 2.45 bits per heavy atom. The first-order chi connectivity index (χ1) is 9.69. The smallest absolute Gasteiger partial charge is 0.248 e. The lowest BCUT2D eigenvalue weighted by molar-refractivity contribution is -0.149. The van der Waals surface area contributed by atoms with Crippen LogP contribution in [0, 0.1) is 0 Å². The van der Waals surface area contributed by atoms with Gasteiger partial charge in [0.25, 0.3) is 0 Å². The lowest BCUT2D eigenvalue weighted by Crippen LogP contribution is -2.59. The van der Waals surface area contributed by atoms with Crippen molar-refractivity contribution in [2.45, 2.75) is 45.2 Å². The summed E-state index contributed by atoms with van der Waals surface area (Å²) in [4.78, 5) is 26.6. The number of benzene rings is 1. The molecule has 2 unspecified atom stereocenters. The van der Waals surface area contributed by atoms with Gasteiger partial charge in [0.1, 0.15) is 12.1 Å². The van der Waals surface area contributed by atoms with Gasteiger partial charge in [-0.1, -0.05) is 50.6 Å². The molecule has 1 N–H and O–H groups in total. The van der Waals surface area contributed by atoms with E-state index >= 15 is 0 Å². The maximum atomic E-state index is 12.5. The van der Waals surface area contributed by atoms with E-state index < -0.39 is 6.04 Å². The molecule has 4 heteroatoms. The van der Waals surface area contributed by atoms with E-state index in [-0.39, 0.29) is 17.9 Å². The van der Waals surface area contributed by atoms with Crippen LogP contribution in [0.4, 0.5) is 0 Å². The van der Waals surface area contributed by atoms with Gasteiger partial charge < -0.3 is 10.2 Å². The van der Waals surface area contributed by atoms with E-state index in [2.05, 4.69) is 12.2 Å². The highest BCUT2D eigenvalue weighted by molar-refractivity contribution is 5.97. The van der Waals surface area contributed by atoms with Gasteiger partial charge in [-0.05, 0) is 18.4 Å². The monoisotopic (exact) mass is 274 g/mol. The zero-order valence-corrected chi connectivity index (χ0v) is 12.1. The number of piperazine rings is 1. The molecule has 0 aliphatic carbocycles. The van der Waals surface area contributed by atoms with Crippen molar-refractivity contribution in [2.75, 3.05) is 6.54 Å². The van der Waals surface area contributed by atoms with Crippen LogP contribution in [0.5, 0.6) is 0 Å². The first-order valence-electron chi connectivity index (χ1n) is 7.34. The largest absolute Gasteiger partial charge is 0.342 e. The molecule has 1 aliphatic rings. The van der Waals surface area contributed by atoms with E-state index in [1.807, 2.05) is 37.3 Å². The van der Waals surface area contributed by atoms with Crippen LogP contribution in [0.2, 0.25) is 0 Å². The van der Waals surface area contributed by atoms with Crippen molar-refractivity contribution >= 4 is 11.8 Å². The van der Waals surface area contributed by atoms with E-state index in [0.29, 0.717) is 13.0 Å². The van der Waals surface area contributed by atoms with Gasteiger partial charge in [-0.2, -0.15) is 0 Å². The van der Waals surface area contributed by atoms with Crippen molar-refractivity contribution in [2.24, 2.45) is 0 Å². The van der Waals surface area contributed by atoms with Crippen LogP contribution >= 0.6 is 0 Å². The fourth-order valence-electron chi connectivity index (χ4n) is 2.59. The van der Waals surface area contributed by atoms with Crippen LogP contribution in [0.1, 0.15) is 44.7 Å². The number of unbranched alkanes of at least 4 members (excludes halogenated alkanes) is 1. The van der Waals surface area contributed by atoms with E-state index in [4.69, 9.17) is 0 Å². The molecule has 4 nitrogen and oxygen atoms in total. The minimum atomic E-state index is -0.488. The molecule has 0 spiro atoms. The number of amides is 2. The second-order valence-electron chi connectivity index (χ2n) is 5.17. The fraction of sp³-hybridized carbons (Fsp3) is 0.500. The first kappa shape index (κ1) is 14.6. The average molecular weight is 274 g/mol. The Bertz CT molecular complexity index is 473. The van der Waals surface area contributed by atoms with Crippen molar-refractivity contribution in [3.05, 3.63) is 35.9 Å². The van der Waals surface area contributed by atoms with Gasteiger partial charge >= 0.3 is 0 Å². The highest BCUT2D eigenvalue weighted by Gasteiger charge is 2.39. The number of hydrogen-bond acceptors (Lipinski definition) is 2. The second kappa shape index (κ2) is 6.55. The molecule has 2 amide bonds. The predicted molar refractivity (Wildman–Crippen MR) is 78.0 cm³/mol. The maximum absolute atomic E-state index is 12.5. The summed E-state index contributed by atoms with van der Waals surface area (Å²) in [6.45, 7) is 4.64. The first-order valence-corrected chi connectivity index (χ1v) is 7.34. The standard InChI is InChI=1S/C16H22N2O2/c1-3-5-11-18-14(12-9-7-6-8-10-12)15(19)17-13(4-2)16(18)20/h6-10,13-14H,3-5,11H2,1-2H3,(H,17,19). The molecule has 108 valence electrons. The Labute approximate surface area is 120 Å². The number of carbonyl (C=O) groups is 2. The molecule has 1 aromatic carbocycles. The molecule has 2 rings (SSSR count). The Kier molecular flexibility index (Phi) is 4.77. The molecule has 1 aromatic rings. The van der Waals surface area contributed by atoms with Crippen molar-refractivity contribution < 1.29 is 9.59 Å². The summed E-state index contributed by atoms with van der Waals surface area (Å²) in [5.74, 6) is -0.0341. The highest BCUT2D eigenvalue weighted by atomic mass is 16.2. The zero-order valence-electron chi connectivity index (χ0n) is 12.1. The van der Waals surface area contributed by atoms with Gasteiger partial charge in [0.2, 0.25) is 11.8 Å². The highest BCUT2D eigenvalue weighted by Crippen LogP contribution is 2.26. The number of nitrogens with one attached hydrogen (secondary N) is 1. The molecule has 2 atom stereocenters. The number of nitrogens with zero attached hydrogens (tertiary/aromatic N) is 1. The van der Waals surface area contributed by atoms with Gasteiger partial charge in [0, 0.05) is 6.54 Å². The van der Waals surface area contributed by atoms with Crippen LogP contribution in [0.15, 0.2) is 30.3 Å². The topological polar surface area (TPSA) is 49.4 Å². The Morgan fingerprint density at radius 2 is 1.85 bits per heavy atom. The summed E-state index contributed by atoms with van der Waals surface area (Å²) >= 11 is 0. The third kappa shape index (κ3) is 2.84. The lowest BCUT2D eigenvalue weighted by Gasteiger charge is -2.39. The van der Waals surface area contributed by atoms with Crippen LogP contribution in [0.25, 0.3) is 0 Å². The quantitative estimate of drug-likeness (QED) is 0.895. The molecular formula is C16H22N2O2. The Balaban J connectivity index is 2.30.